The van der Waals surface area contributed by atoms with E-state index in [9.17, 15) is 8.42 Å². The molecule has 94 valence electrons. The number of H-pyrrole nitrogens is 1. The first kappa shape index (κ1) is 12.1. The van der Waals surface area contributed by atoms with E-state index >= 15 is 0 Å². The van der Waals surface area contributed by atoms with Gasteiger partial charge in [0.1, 0.15) is 17.5 Å². The van der Waals surface area contributed by atoms with Gasteiger partial charge in [-0.05, 0) is 6.92 Å². The molecule has 2 N–H and O–H groups in total. The van der Waals surface area contributed by atoms with Crippen LogP contribution >= 0.6 is 0 Å². The van der Waals surface area contributed by atoms with Gasteiger partial charge in [0, 0.05) is 13.2 Å². The van der Waals surface area contributed by atoms with Gasteiger partial charge in [-0.25, -0.2) is 4.98 Å². The smallest absolute Gasteiger partial charge is 0.280 e. The van der Waals surface area contributed by atoms with E-state index in [-0.39, 0.29) is 16.4 Å². The van der Waals surface area contributed by atoms with Crippen LogP contribution in [0.2, 0.25) is 0 Å². The molecule has 0 atom stereocenters. The molecule has 0 saturated heterocycles. The Morgan fingerprint density at radius 3 is 2.83 bits per heavy atom. The zero-order chi connectivity index (χ0) is 13.3. The Bertz CT molecular complexity index is 721. The second-order valence-electron chi connectivity index (χ2n) is 3.62. The largest absolute Gasteiger partial charge is 0.332 e. The van der Waals surface area contributed by atoms with Crippen LogP contribution in [0.3, 0.4) is 0 Å². The molecular weight excluding hydrogens is 256 g/mol. The summed E-state index contributed by atoms with van der Waals surface area (Å²) in [6, 6.07) is 1.86. The van der Waals surface area contributed by atoms with E-state index in [1.165, 1.54) is 17.1 Å². The molecule has 0 fully saturated rings. The molecule has 0 aliphatic rings. The van der Waals surface area contributed by atoms with Gasteiger partial charge in [-0.2, -0.15) is 18.8 Å². The number of aromatic amines is 1. The molecule has 2 heterocycles. The van der Waals surface area contributed by atoms with Gasteiger partial charge in [-0.1, -0.05) is 0 Å². The lowest BCUT2D eigenvalue weighted by molar-refractivity contribution is 0.597. The topological polar surface area (TPSA) is 116 Å². The maximum absolute atomic E-state index is 12.0. The summed E-state index contributed by atoms with van der Waals surface area (Å²) >= 11 is 0. The Morgan fingerprint density at radius 2 is 2.28 bits per heavy atom. The highest BCUT2D eigenvalue weighted by atomic mass is 32.2. The van der Waals surface area contributed by atoms with Gasteiger partial charge in [-0.3, -0.25) is 9.40 Å². The van der Waals surface area contributed by atoms with E-state index in [1.807, 2.05) is 6.07 Å². The van der Waals surface area contributed by atoms with Crippen LogP contribution in [0.5, 0.6) is 0 Å². The van der Waals surface area contributed by atoms with E-state index in [1.54, 1.807) is 14.0 Å². The average Bonchev–Trinajstić information content (AvgIpc) is 2.84. The quantitative estimate of drug-likeness (QED) is 0.818. The minimum Gasteiger partial charge on any atom is -0.332 e. The molecule has 0 amide bonds. The van der Waals surface area contributed by atoms with Crippen LogP contribution in [0.4, 0.5) is 5.82 Å². The third-order valence-electron chi connectivity index (χ3n) is 2.15. The van der Waals surface area contributed by atoms with Gasteiger partial charge in [0.05, 0.1) is 6.20 Å². The monoisotopic (exact) mass is 266 g/mol. The number of imidazole rings is 1. The number of sulfonamides is 1. The molecule has 0 radical (unpaired) electrons. The van der Waals surface area contributed by atoms with Crippen molar-refractivity contribution in [2.24, 2.45) is 7.05 Å². The summed E-state index contributed by atoms with van der Waals surface area (Å²) in [6.07, 6.45) is 2.63. The molecule has 0 aliphatic carbocycles. The molecule has 2 aromatic rings. The highest BCUT2D eigenvalue weighted by Crippen LogP contribution is 2.16. The highest BCUT2D eigenvalue weighted by Gasteiger charge is 2.20. The molecular formula is C9H10N6O2S. The van der Waals surface area contributed by atoms with E-state index < -0.39 is 10.0 Å². The summed E-state index contributed by atoms with van der Waals surface area (Å²) in [6.45, 7) is 1.64. The normalized spacial score (nSPS) is 11.2. The van der Waals surface area contributed by atoms with Crippen molar-refractivity contribution in [3.8, 4) is 6.07 Å². The number of aromatic nitrogens is 4. The van der Waals surface area contributed by atoms with Crippen LogP contribution in [-0.2, 0) is 17.1 Å². The van der Waals surface area contributed by atoms with Crippen LogP contribution in [0, 0.1) is 18.3 Å². The second-order valence-corrected chi connectivity index (χ2v) is 5.27. The fourth-order valence-electron chi connectivity index (χ4n) is 1.36. The van der Waals surface area contributed by atoms with Crippen LogP contribution in [0.25, 0.3) is 0 Å². The molecule has 0 aliphatic heterocycles. The van der Waals surface area contributed by atoms with Crippen molar-refractivity contribution >= 4 is 15.8 Å². The van der Waals surface area contributed by atoms with Gasteiger partial charge >= 0.3 is 0 Å². The van der Waals surface area contributed by atoms with Crippen LogP contribution in [0.15, 0.2) is 17.4 Å². The van der Waals surface area contributed by atoms with E-state index in [4.69, 9.17) is 5.26 Å². The van der Waals surface area contributed by atoms with Crippen LogP contribution in [-0.4, -0.2) is 28.2 Å². The zero-order valence-corrected chi connectivity index (χ0v) is 10.5. The lowest BCUT2D eigenvalue weighted by Crippen LogP contribution is -2.14. The number of hydrogen-bond donors (Lipinski definition) is 2. The molecule has 9 heteroatoms. The van der Waals surface area contributed by atoms with Gasteiger partial charge < -0.3 is 4.98 Å². The summed E-state index contributed by atoms with van der Waals surface area (Å²) in [5.74, 6) is 0.476. The summed E-state index contributed by atoms with van der Waals surface area (Å²) in [5.41, 5.74) is 0.150. The fourth-order valence-corrected chi connectivity index (χ4v) is 2.35. The van der Waals surface area contributed by atoms with Crippen molar-refractivity contribution < 1.29 is 8.42 Å². The Hall–Kier alpha value is -2.34. The van der Waals surface area contributed by atoms with Crippen molar-refractivity contribution in [1.29, 1.82) is 5.26 Å². The molecule has 0 bridgehead atoms. The molecule has 2 rings (SSSR count). The fraction of sp³-hybridized carbons (Fsp3) is 0.222. The second kappa shape index (κ2) is 4.15. The third kappa shape index (κ3) is 2.18. The number of nitriles is 1. The maximum atomic E-state index is 12.0. The number of anilines is 1. The SMILES string of the molecule is Cc1ncc(S(=O)(=O)Nc2nn(C)cc2C#N)[nH]1. The standard InChI is InChI=1S/C9H10N6O2S/c1-6-11-4-8(12-6)18(16,17)14-9-7(3-10)5-15(2)13-9/h4-5H,1-2H3,(H,11,12)(H,13,14). The number of hydrogen-bond acceptors (Lipinski definition) is 5. The Morgan fingerprint density at radius 1 is 1.56 bits per heavy atom. The van der Waals surface area contributed by atoms with Crippen molar-refractivity contribution in [2.45, 2.75) is 11.9 Å². The van der Waals surface area contributed by atoms with Gasteiger partial charge in [0.25, 0.3) is 10.0 Å². The Kier molecular flexibility index (Phi) is 2.80. The first-order valence-corrected chi connectivity index (χ1v) is 6.39. The maximum Gasteiger partial charge on any atom is 0.280 e. The Labute approximate surface area is 103 Å². The first-order valence-electron chi connectivity index (χ1n) is 4.90. The van der Waals surface area contributed by atoms with Crippen molar-refractivity contribution in [2.75, 3.05) is 4.72 Å². The number of nitrogens with zero attached hydrogens (tertiary/aromatic N) is 4. The van der Waals surface area contributed by atoms with Crippen molar-refractivity contribution in [3.05, 3.63) is 23.8 Å². The first-order chi connectivity index (χ1) is 8.42. The highest BCUT2D eigenvalue weighted by molar-refractivity contribution is 7.92. The molecule has 2 aromatic heterocycles. The summed E-state index contributed by atoms with van der Waals surface area (Å²) in [7, 11) is -2.21. The molecule has 0 unspecified atom stereocenters. The number of rotatable bonds is 3. The van der Waals surface area contributed by atoms with Crippen LogP contribution in [0.1, 0.15) is 11.4 Å². The minimum atomic E-state index is -3.81. The summed E-state index contributed by atoms with van der Waals surface area (Å²) in [5, 5.41) is 12.6. The van der Waals surface area contributed by atoms with E-state index in [0.717, 1.165) is 0 Å². The van der Waals surface area contributed by atoms with Crippen LogP contribution < -0.4 is 4.72 Å². The molecule has 0 aromatic carbocycles. The lowest BCUT2D eigenvalue weighted by atomic mass is 10.4. The van der Waals surface area contributed by atoms with Gasteiger partial charge in [0.15, 0.2) is 10.8 Å². The predicted octanol–water partition coefficient (Wildman–Crippen LogP) is 0.124. The predicted molar refractivity (Wildman–Crippen MR) is 62.1 cm³/mol. The van der Waals surface area contributed by atoms with Gasteiger partial charge in [0.2, 0.25) is 0 Å². The molecule has 8 nitrogen and oxygen atoms in total. The number of nitrogens with one attached hydrogen (secondary N) is 2. The van der Waals surface area contributed by atoms with E-state index in [2.05, 4.69) is 19.8 Å². The van der Waals surface area contributed by atoms with Crippen molar-refractivity contribution in [3.63, 3.8) is 0 Å². The molecule has 0 spiro atoms. The average molecular weight is 266 g/mol. The van der Waals surface area contributed by atoms with E-state index in [0.29, 0.717) is 5.82 Å². The Balaban J connectivity index is 2.37. The minimum absolute atomic E-state index is 0.00717. The zero-order valence-electron chi connectivity index (χ0n) is 9.67. The van der Waals surface area contributed by atoms with Crippen molar-refractivity contribution in [1.82, 2.24) is 19.7 Å². The lowest BCUT2D eigenvalue weighted by Gasteiger charge is -2.02. The molecule has 0 saturated carbocycles. The number of aryl methyl sites for hydroxylation is 2. The molecule has 18 heavy (non-hydrogen) atoms. The van der Waals surface area contributed by atoms with Gasteiger partial charge in [-0.15, -0.1) is 0 Å². The summed E-state index contributed by atoms with van der Waals surface area (Å²) < 4.78 is 27.5. The summed E-state index contributed by atoms with van der Waals surface area (Å²) in [4.78, 5) is 6.41. The third-order valence-corrected chi connectivity index (χ3v) is 3.40.